The first-order valence-electron chi connectivity index (χ1n) is 9.18. The largest absolute Gasteiger partial charge is 0.392 e. The molecule has 0 aliphatic heterocycles. The minimum atomic E-state index is -2.03. The summed E-state index contributed by atoms with van der Waals surface area (Å²) in [5.41, 5.74) is -2.58. The zero-order valence-corrected chi connectivity index (χ0v) is 15.2. The van der Waals surface area contributed by atoms with Gasteiger partial charge in [-0.05, 0) is 47.7 Å². The lowest BCUT2D eigenvalue weighted by atomic mass is 9.59. The lowest BCUT2D eigenvalue weighted by Crippen LogP contribution is -2.65. The van der Waals surface area contributed by atoms with Gasteiger partial charge >= 0.3 is 0 Å². The van der Waals surface area contributed by atoms with Crippen LogP contribution in [0.4, 0.5) is 0 Å². The van der Waals surface area contributed by atoms with Crippen LogP contribution < -0.4 is 0 Å². The summed E-state index contributed by atoms with van der Waals surface area (Å²) >= 11 is 0. The summed E-state index contributed by atoms with van der Waals surface area (Å²) in [5, 5.41) is 43.0. The molecule has 25 heavy (non-hydrogen) atoms. The highest BCUT2D eigenvalue weighted by atomic mass is 16.4. The fourth-order valence-electron chi connectivity index (χ4n) is 6.43. The standard InChI is InChI=1S/C20H28O5/c1-9-7-19-10(2)5-13-14(18(13,3)4)12(17(19)24)6-11(8-21)16(23)20(19,25)15(9)22/h6-7,10,12-16,21-23,25H,5,8H2,1-4H3/t10-,12+,13?,14+,15+,16-,19?,20-/m1/s1. The number of rotatable bonds is 1. The summed E-state index contributed by atoms with van der Waals surface area (Å²) in [6.45, 7) is 7.50. The van der Waals surface area contributed by atoms with Crippen LogP contribution in [0.1, 0.15) is 34.1 Å². The summed E-state index contributed by atoms with van der Waals surface area (Å²) in [5.74, 6) is -0.288. The number of hydrogen-bond donors (Lipinski definition) is 4. The van der Waals surface area contributed by atoms with Gasteiger partial charge in [-0.2, -0.15) is 0 Å². The molecule has 4 N–H and O–H groups in total. The van der Waals surface area contributed by atoms with E-state index >= 15 is 0 Å². The maximum atomic E-state index is 13.7. The number of carbonyl (C=O) groups is 1. The number of ketones is 1. The van der Waals surface area contributed by atoms with Crippen molar-refractivity contribution in [2.24, 2.45) is 34.5 Å². The van der Waals surface area contributed by atoms with Gasteiger partial charge in [0.05, 0.1) is 12.0 Å². The van der Waals surface area contributed by atoms with Gasteiger partial charge in [-0.1, -0.05) is 32.9 Å². The molecule has 0 heterocycles. The predicted octanol–water partition coefficient (Wildman–Crippen LogP) is 0.815. The molecule has 0 radical (unpaired) electrons. The molecule has 1 spiro atoms. The lowest BCUT2D eigenvalue weighted by Gasteiger charge is -2.48. The van der Waals surface area contributed by atoms with E-state index < -0.39 is 35.7 Å². The molecule has 2 bridgehead atoms. The van der Waals surface area contributed by atoms with E-state index in [9.17, 15) is 25.2 Å². The van der Waals surface area contributed by atoms with Crippen LogP contribution >= 0.6 is 0 Å². The van der Waals surface area contributed by atoms with Crippen LogP contribution in [0.15, 0.2) is 23.3 Å². The molecule has 0 saturated heterocycles. The Hall–Kier alpha value is -1.01. The molecule has 2 saturated carbocycles. The first-order valence-corrected chi connectivity index (χ1v) is 9.18. The van der Waals surface area contributed by atoms with Crippen molar-refractivity contribution in [3.63, 3.8) is 0 Å². The molecular formula is C20H28O5. The van der Waals surface area contributed by atoms with E-state index in [0.717, 1.165) is 6.42 Å². The van der Waals surface area contributed by atoms with Gasteiger partial charge in [0.15, 0.2) is 5.78 Å². The van der Waals surface area contributed by atoms with Gasteiger partial charge < -0.3 is 20.4 Å². The number of carbonyl (C=O) groups excluding carboxylic acids is 1. The minimum Gasteiger partial charge on any atom is -0.392 e. The van der Waals surface area contributed by atoms with Crippen molar-refractivity contribution in [2.75, 3.05) is 6.61 Å². The van der Waals surface area contributed by atoms with Crippen molar-refractivity contribution in [3.05, 3.63) is 23.3 Å². The molecule has 138 valence electrons. The second-order valence-corrected chi connectivity index (χ2v) is 9.27. The molecule has 5 nitrogen and oxygen atoms in total. The number of fused-ring (bicyclic) bond motifs is 3. The SMILES string of the molecule is CC1=CC23C(=O)[C@@H](C=C(CO)[C@@H](O)[C@]2(O)[C@H]1O)[C@H]1C(C[C@H]3C)C1(C)C. The van der Waals surface area contributed by atoms with Crippen LogP contribution in [0.25, 0.3) is 0 Å². The smallest absolute Gasteiger partial charge is 0.153 e. The number of hydrogen-bond acceptors (Lipinski definition) is 5. The summed E-state index contributed by atoms with van der Waals surface area (Å²) in [7, 11) is 0. The number of allylic oxidation sites excluding steroid dienone is 1. The Kier molecular flexibility index (Phi) is 3.36. The van der Waals surface area contributed by atoms with E-state index in [1.807, 2.05) is 6.92 Å². The van der Waals surface area contributed by atoms with Crippen LogP contribution in [-0.2, 0) is 4.79 Å². The Morgan fingerprint density at radius 3 is 2.48 bits per heavy atom. The molecule has 0 amide bonds. The maximum absolute atomic E-state index is 13.7. The molecular weight excluding hydrogens is 320 g/mol. The van der Waals surface area contributed by atoms with Crippen molar-refractivity contribution in [2.45, 2.75) is 51.9 Å². The van der Waals surface area contributed by atoms with Gasteiger partial charge in [0.25, 0.3) is 0 Å². The van der Waals surface area contributed by atoms with E-state index in [1.165, 1.54) is 0 Å². The molecule has 4 rings (SSSR count). The highest BCUT2D eigenvalue weighted by Gasteiger charge is 2.75. The van der Waals surface area contributed by atoms with E-state index in [0.29, 0.717) is 11.5 Å². The van der Waals surface area contributed by atoms with Crippen LogP contribution in [0.5, 0.6) is 0 Å². The Morgan fingerprint density at radius 2 is 1.88 bits per heavy atom. The molecule has 5 heteroatoms. The highest BCUT2D eigenvalue weighted by Crippen LogP contribution is 2.71. The summed E-state index contributed by atoms with van der Waals surface area (Å²) in [6.07, 6.45) is 1.34. The predicted molar refractivity (Wildman–Crippen MR) is 91.4 cm³/mol. The number of aliphatic hydroxyl groups is 4. The van der Waals surface area contributed by atoms with Crippen molar-refractivity contribution in [1.29, 1.82) is 0 Å². The first-order chi connectivity index (χ1) is 11.5. The van der Waals surface area contributed by atoms with Gasteiger partial charge in [-0.25, -0.2) is 0 Å². The van der Waals surface area contributed by atoms with Crippen molar-refractivity contribution in [3.8, 4) is 0 Å². The Bertz CT molecular complexity index is 707. The molecule has 0 aromatic carbocycles. The third kappa shape index (κ3) is 1.71. The number of aliphatic hydroxyl groups excluding tert-OH is 3. The number of Topliss-reactive ketones (excluding diaryl/α,β-unsaturated/α-hetero) is 1. The molecule has 8 atom stereocenters. The Labute approximate surface area is 148 Å². The molecule has 2 fully saturated rings. The Morgan fingerprint density at radius 1 is 1.24 bits per heavy atom. The minimum absolute atomic E-state index is 0.0245. The highest BCUT2D eigenvalue weighted by molar-refractivity contribution is 5.95. The van der Waals surface area contributed by atoms with Gasteiger partial charge in [-0.15, -0.1) is 0 Å². The average molecular weight is 348 g/mol. The zero-order valence-electron chi connectivity index (χ0n) is 15.2. The molecule has 0 aromatic heterocycles. The third-order valence-electron chi connectivity index (χ3n) is 7.93. The molecule has 0 aromatic rings. The van der Waals surface area contributed by atoms with E-state index in [-0.39, 0.29) is 28.6 Å². The second kappa shape index (κ2) is 4.83. The van der Waals surface area contributed by atoms with Gasteiger partial charge in [0, 0.05) is 5.92 Å². The first kappa shape index (κ1) is 17.4. The topological polar surface area (TPSA) is 98.0 Å². The maximum Gasteiger partial charge on any atom is 0.153 e. The van der Waals surface area contributed by atoms with Crippen molar-refractivity contribution < 1.29 is 25.2 Å². The summed E-state index contributed by atoms with van der Waals surface area (Å²) < 4.78 is 0. The summed E-state index contributed by atoms with van der Waals surface area (Å²) in [4.78, 5) is 13.7. The molecule has 2 unspecified atom stereocenters. The van der Waals surface area contributed by atoms with Crippen LogP contribution in [-0.4, -0.2) is 50.6 Å². The normalized spacial score (nSPS) is 53.2. The average Bonchev–Trinajstić information content (AvgIpc) is 3.05. The van der Waals surface area contributed by atoms with Crippen molar-refractivity contribution >= 4 is 5.78 Å². The van der Waals surface area contributed by atoms with Gasteiger partial charge in [0.2, 0.25) is 0 Å². The Balaban J connectivity index is 1.99. The fourth-order valence-corrected chi connectivity index (χ4v) is 6.43. The monoisotopic (exact) mass is 348 g/mol. The van der Waals surface area contributed by atoms with Crippen molar-refractivity contribution in [1.82, 2.24) is 0 Å². The van der Waals surface area contributed by atoms with E-state index in [2.05, 4.69) is 13.8 Å². The van der Waals surface area contributed by atoms with Gasteiger partial charge in [0.1, 0.15) is 17.8 Å². The van der Waals surface area contributed by atoms with E-state index in [1.54, 1.807) is 19.1 Å². The van der Waals surface area contributed by atoms with Crippen LogP contribution in [0.2, 0.25) is 0 Å². The molecule has 4 aliphatic rings. The van der Waals surface area contributed by atoms with Crippen LogP contribution in [0, 0.1) is 34.5 Å². The van der Waals surface area contributed by atoms with Crippen LogP contribution in [0.3, 0.4) is 0 Å². The quantitative estimate of drug-likeness (QED) is 0.526. The lowest BCUT2D eigenvalue weighted by molar-refractivity contribution is -0.190. The zero-order chi connectivity index (χ0) is 18.5. The molecule has 4 aliphatic carbocycles. The summed E-state index contributed by atoms with van der Waals surface area (Å²) in [6, 6.07) is 0. The van der Waals surface area contributed by atoms with E-state index in [4.69, 9.17) is 0 Å². The second-order valence-electron chi connectivity index (χ2n) is 9.27. The third-order valence-corrected chi connectivity index (χ3v) is 7.93. The fraction of sp³-hybridized carbons (Fsp3) is 0.750. The van der Waals surface area contributed by atoms with Gasteiger partial charge in [-0.3, -0.25) is 4.79 Å².